The second kappa shape index (κ2) is 8.31. The molecule has 1 N–H and O–H groups in total. The van der Waals surface area contributed by atoms with E-state index in [0.29, 0.717) is 18.6 Å². The maximum atomic E-state index is 12.1. The van der Waals surface area contributed by atoms with Crippen LogP contribution in [0.3, 0.4) is 0 Å². The number of aromatic hydroxyl groups is 1. The van der Waals surface area contributed by atoms with E-state index in [0.717, 1.165) is 16.7 Å². The molecular formula is C21H33O3S-. The van der Waals surface area contributed by atoms with Crippen LogP contribution in [0.15, 0.2) is 12.1 Å². The normalized spacial score (nSPS) is 13.9. The van der Waals surface area contributed by atoms with Gasteiger partial charge in [0.25, 0.3) is 5.97 Å². The molecule has 0 aliphatic carbocycles. The van der Waals surface area contributed by atoms with E-state index in [2.05, 4.69) is 41.5 Å². The van der Waals surface area contributed by atoms with Crippen LogP contribution in [0.25, 0.3) is 0 Å². The highest BCUT2D eigenvalue weighted by molar-refractivity contribution is 7.89. The van der Waals surface area contributed by atoms with Gasteiger partial charge in [0, 0.05) is 6.42 Å². The Bertz CT molecular complexity index is 665. The van der Waals surface area contributed by atoms with E-state index in [1.54, 1.807) is 0 Å². The Morgan fingerprint density at radius 1 is 1.04 bits per heavy atom. The number of carbonyl (C=O) groups is 1. The molecule has 142 valence electrons. The highest BCUT2D eigenvalue weighted by Crippen LogP contribution is 2.39. The van der Waals surface area contributed by atoms with Crippen LogP contribution < -0.4 is 0 Å². The van der Waals surface area contributed by atoms with Crippen molar-refractivity contribution in [2.75, 3.05) is 0 Å². The van der Waals surface area contributed by atoms with Crippen LogP contribution in [0.1, 0.15) is 78.5 Å². The molecule has 4 heteroatoms. The van der Waals surface area contributed by atoms with Crippen LogP contribution >= 0.6 is 0 Å². The maximum absolute atomic E-state index is 12.1. The van der Waals surface area contributed by atoms with Gasteiger partial charge in [-0.1, -0.05) is 67.5 Å². The van der Waals surface area contributed by atoms with Crippen LogP contribution in [0.5, 0.6) is 5.75 Å². The van der Waals surface area contributed by atoms with Crippen molar-refractivity contribution >= 4 is 27.1 Å². The summed E-state index contributed by atoms with van der Waals surface area (Å²) in [6.07, 6.45) is 0.943. The molecule has 0 aromatic heterocycles. The lowest BCUT2D eigenvalue weighted by molar-refractivity contribution is -0.133. The van der Waals surface area contributed by atoms with E-state index >= 15 is 0 Å². The summed E-state index contributed by atoms with van der Waals surface area (Å²) in [4.78, 5) is 12.1. The van der Waals surface area contributed by atoms with E-state index in [9.17, 15) is 9.90 Å². The lowest BCUT2D eigenvalue weighted by atomic mass is 9.78. The van der Waals surface area contributed by atoms with Crippen molar-refractivity contribution in [2.24, 2.45) is 0 Å². The number of rotatable bonds is 4. The summed E-state index contributed by atoms with van der Waals surface area (Å²) in [7, 11) is -0.507. The molecule has 0 aliphatic heterocycles. The summed E-state index contributed by atoms with van der Waals surface area (Å²) in [5.41, 5.74) is 2.58. The fourth-order valence-corrected chi connectivity index (χ4v) is 3.37. The number of hydrogen-bond acceptors (Lipinski definition) is 4. The molecule has 1 aromatic carbocycles. The predicted octanol–water partition coefficient (Wildman–Crippen LogP) is 4.64. The highest BCUT2D eigenvalue weighted by Gasteiger charge is 2.26. The van der Waals surface area contributed by atoms with Gasteiger partial charge >= 0.3 is 0 Å². The van der Waals surface area contributed by atoms with Crippen molar-refractivity contribution in [2.45, 2.75) is 79.1 Å². The highest BCUT2D eigenvalue weighted by atomic mass is 32.2. The van der Waals surface area contributed by atoms with Crippen LogP contribution in [0, 0.1) is 0 Å². The molecule has 0 radical (unpaired) electrons. The lowest BCUT2D eigenvalue weighted by Crippen LogP contribution is -2.18. The number of phenolic OH excluding ortho intramolecular Hbond substituents is 1. The molecular weight excluding hydrogens is 332 g/mol. The van der Waals surface area contributed by atoms with Crippen LogP contribution in [-0.4, -0.2) is 21.8 Å². The minimum absolute atomic E-state index is 0.165. The van der Waals surface area contributed by atoms with E-state index in [1.165, 1.54) is 0 Å². The Morgan fingerprint density at radius 2 is 1.48 bits per heavy atom. The topological polar surface area (TPSA) is 46.5 Å². The fraction of sp³-hybridized carbons (Fsp3) is 0.571. The van der Waals surface area contributed by atoms with Gasteiger partial charge in [-0.15, -0.1) is 0 Å². The summed E-state index contributed by atoms with van der Waals surface area (Å²) in [5.74, 6) is 0.177. The zero-order chi connectivity index (χ0) is 19.4. The molecule has 0 aliphatic rings. The molecule has 0 atom stereocenters. The van der Waals surface area contributed by atoms with Gasteiger partial charge in [-0.2, -0.15) is 10.7 Å². The smallest absolute Gasteiger partial charge is 0.286 e. The molecule has 0 fully saturated rings. The molecule has 0 spiro atoms. The van der Waals surface area contributed by atoms with Crippen LogP contribution in [0.4, 0.5) is 0 Å². The molecule has 1 rings (SSSR count). The molecule has 0 heterocycles. The molecule has 0 unspecified atom stereocenters. The van der Waals surface area contributed by atoms with Gasteiger partial charge < -0.3 is 19.6 Å². The lowest BCUT2D eigenvalue weighted by Gasteiger charge is -2.28. The van der Waals surface area contributed by atoms with Crippen molar-refractivity contribution < 1.29 is 14.1 Å². The minimum atomic E-state index is -0.507. The van der Waals surface area contributed by atoms with Crippen LogP contribution in [0.2, 0.25) is 0 Å². The Kier molecular flexibility index (Phi) is 7.18. The molecule has 1 aromatic rings. The minimum Gasteiger partial charge on any atom is -0.570 e. The van der Waals surface area contributed by atoms with Gasteiger partial charge in [0.2, 0.25) is 0 Å². The standard InChI is InChI=1S/C21H33O3S/c1-9-25(10-2)24-18(22)12-11-15-13-16(20(3,4)5)19(23)17(14-15)21(6,7)8/h9-10,13-14,23H,11-12H2,1-8H3/q-1. The van der Waals surface area contributed by atoms with Gasteiger partial charge in [-0.05, 0) is 33.9 Å². The van der Waals surface area contributed by atoms with Crippen LogP contribution in [-0.2, 0) is 36.6 Å². The van der Waals surface area contributed by atoms with Crippen molar-refractivity contribution in [1.82, 2.24) is 0 Å². The molecule has 0 saturated heterocycles. The number of phenols is 1. The number of aryl methyl sites for hydroxylation is 1. The summed E-state index contributed by atoms with van der Waals surface area (Å²) in [6.45, 7) is 16.3. The monoisotopic (exact) mass is 365 g/mol. The quantitative estimate of drug-likeness (QED) is 0.624. The Morgan fingerprint density at radius 3 is 1.84 bits per heavy atom. The summed E-state index contributed by atoms with van der Waals surface area (Å²) in [6, 6.07) is 4.05. The van der Waals surface area contributed by atoms with Crippen molar-refractivity contribution in [3.63, 3.8) is 0 Å². The van der Waals surface area contributed by atoms with E-state index in [4.69, 9.17) is 4.18 Å². The Hall–Kier alpha value is -1.42. The fourth-order valence-electron chi connectivity index (χ4n) is 2.61. The van der Waals surface area contributed by atoms with Gasteiger partial charge in [-0.3, -0.25) is 4.79 Å². The largest absolute Gasteiger partial charge is 0.570 e. The Balaban J connectivity index is 3.14. The molecule has 25 heavy (non-hydrogen) atoms. The van der Waals surface area contributed by atoms with E-state index < -0.39 is 10.4 Å². The first-order valence-corrected chi connectivity index (χ1v) is 10.1. The number of carbonyl (C=O) groups excluding carboxylic acids is 1. The first kappa shape index (κ1) is 21.6. The zero-order valence-corrected chi connectivity index (χ0v) is 17.7. The third kappa shape index (κ3) is 6.10. The summed E-state index contributed by atoms with van der Waals surface area (Å²) < 4.78 is 5.42. The van der Waals surface area contributed by atoms with Gasteiger partial charge in [-0.25, -0.2) is 0 Å². The third-order valence-electron chi connectivity index (χ3n) is 4.06. The Labute approximate surface area is 155 Å². The first-order valence-electron chi connectivity index (χ1n) is 8.79. The third-order valence-corrected chi connectivity index (χ3v) is 5.36. The van der Waals surface area contributed by atoms with E-state index in [1.807, 2.05) is 36.7 Å². The molecule has 0 saturated carbocycles. The van der Waals surface area contributed by atoms with Gasteiger partial charge in [0.15, 0.2) is 0 Å². The van der Waals surface area contributed by atoms with Crippen molar-refractivity contribution in [3.8, 4) is 5.75 Å². The molecule has 3 nitrogen and oxygen atoms in total. The van der Waals surface area contributed by atoms with Crippen molar-refractivity contribution in [1.29, 1.82) is 0 Å². The number of hydrogen-bond donors (Lipinski definition) is 1. The van der Waals surface area contributed by atoms with E-state index in [-0.39, 0.29) is 16.8 Å². The van der Waals surface area contributed by atoms with Crippen molar-refractivity contribution in [3.05, 3.63) is 28.8 Å². The zero-order valence-electron chi connectivity index (χ0n) is 16.9. The summed E-state index contributed by atoms with van der Waals surface area (Å²) >= 11 is 0. The maximum Gasteiger partial charge on any atom is 0.286 e. The average molecular weight is 366 g/mol. The second-order valence-corrected chi connectivity index (χ2v) is 10.1. The predicted molar refractivity (Wildman–Crippen MR) is 111 cm³/mol. The average Bonchev–Trinajstić information content (AvgIpc) is 2.49. The first-order chi connectivity index (χ1) is 11.4. The molecule has 0 amide bonds. The second-order valence-electron chi connectivity index (χ2n) is 8.29. The molecule has 0 bridgehead atoms. The van der Waals surface area contributed by atoms with Gasteiger partial charge in [0.05, 0.1) is 0 Å². The van der Waals surface area contributed by atoms with Gasteiger partial charge in [0.1, 0.15) is 5.75 Å². The summed E-state index contributed by atoms with van der Waals surface area (Å²) in [5, 5.41) is 14.5. The number of benzene rings is 1. The SMILES string of the molecule is CC=[S-](=CC)OC(=O)CCc1cc(C(C)(C)C)c(O)c(C(C)(C)C)c1.